The van der Waals surface area contributed by atoms with Crippen molar-refractivity contribution in [1.82, 2.24) is 0 Å². The van der Waals surface area contributed by atoms with Crippen molar-refractivity contribution in [2.75, 3.05) is 27.9 Å². The van der Waals surface area contributed by atoms with E-state index in [1.807, 2.05) is 0 Å². The number of phenolic OH excluding ortho intramolecular Hbond substituents is 1. The molecule has 0 heterocycles. The van der Waals surface area contributed by atoms with Crippen LogP contribution in [0, 0.1) is 0 Å². The molecule has 8 nitrogen and oxygen atoms in total. The van der Waals surface area contributed by atoms with E-state index >= 15 is 0 Å². The number of carbonyl (C=O) groups excluding carboxylic acids is 1. The fourth-order valence-corrected chi connectivity index (χ4v) is 2.36. The minimum absolute atomic E-state index is 0.129. The Morgan fingerprint density at radius 3 is 2.07 bits per heavy atom. The lowest BCUT2D eigenvalue weighted by atomic mass is 10.1. The van der Waals surface area contributed by atoms with E-state index in [0.717, 1.165) is 0 Å². The van der Waals surface area contributed by atoms with Gasteiger partial charge in [-0.15, -0.1) is 0 Å². The lowest BCUT2D eigenvalue weighted by Crippen LogP contribution is -2.10. The van der Waals surface area contributed by atoms with Crippen LogP contribution in [-0.2, 0) is 4.79 Å². The van der Waals surface area contributed by atoms with Crippen molar-refractivity contribution in [2.24, 2.45) is 0 Å². The van der Waals surface area contributed by atoms with E-state index in [-0.39, 0.29) is 34.5 Å². The minimum atomic E-state index is -1.12. The zero-order valence-corrected chi connectivity index (χ0v) is 15.6. The molecule has 2 N–H and O–H groups in total. The Morgan fingerprint density at radius 2 is 1.54 bits per heavy atom. The first-order chi connectivity index (χ1) is 13.4. The number of rotatable bonds is 9. The molecule has 0 aliphatic heterocycles. The van der Waals surface area contributed by atoms with E-state index in [0.29, 0.717) is 11.1 Å². The number of benzene rings is 2. The van der Waals surface area contributed by atoms with Crippen molar-refractivity contribution >= 4 is 17.8 Å². The third kappa shape index (κ3) is 4.94. The molecule has 148 valence electrons. The van der Waals surface area contributed by atoms with Gasteiger partial charge in [0.15, 0.2) is 35.4 Å². The number of hydrogen-bond donors (Lipinski definition) is 2. The van der Waals surface area contributed by atoms with Crippen LogP contribution in [0.15, 0.2) is 36.4 Å². The molecule has 8 heteroatoms. The third-order valence-corrected chi connectivity index (χ3v) is 3.73. The number of methoxy groups -OCH3 is 3. The molecule has 2 aromatic carbocycles. The van der Waals surface area contributed by atoms with Gasteiger partial charge in [-0.2, -0.15) is 0 Å². The van der Waals surface area contributed by atoms with Crippen LogP contribution in [-0.4, -0.2) is 49.9 Å². The van der Waals surface area contributed by atoms with Gasteiger partial charge < -0.3 is 29.2 Å². The maximum atomic E-state index is 12.5. The summed E-state index contributed by atoms with van der Waals surface area (Å²) in [6.45, 7) is -0.520. The number of allylic oxidation sites excluding steroid dienone is 1. The number of aliphatic carboxylic acids is 1. The van der Waals surface area contributed by atoms with Gasteiger partial charge in [-0.25, -0.2) is 4.79 Å². The number of phenols is 1. The molecule has 0 saturated heterocycles. The van der Waals surface area contributed by atoms with Crippen LogP contribution >= 0.6 is 0 Å². The fourth-order valence-electron chi connectivity index (χ4n) is 2.36. The maximum absolute atomic E-state index is 12.5. The van der Waals surface area contributed by atoms with E-state index in [4.69, 9.17) is 24.1 Å². The van der Waals surface area contributed by atoms with Crippen molar-refractivity contribution in [3.63, 3.8) is 0 Å². The average Bonchev–Trinajstić information content (AvgIpc) is 2.70. The van der Waals surface area contributed by atoms with E-state index in [9.17, 15) is 14.7 Å². The standard InChI is InChI=1S/C20H20O8/c1-25-16-10-13(5-7-15(16)28-11-19(22)23)14(21)6-4-12-8-17(26-2)20(24)18(9-12)27-3/h4-10,24H,11H2,1-3H3,(H,22,23). The van der Waals surface area contributed by atoms with Crippen molar-refractivity contribution < 1.29 is 38.7 Å². The van der Waals surface area contributed by atoms with Gasteiger partial charge in [-0.1, -0.05) is 6.08 Å². The van der Waals surface area contributed by atoms with E-state index in [1.54, 1.807) is 18.2 Å². The first-order valence-electron chi connectivity index (χ1n) is 8.09. The van der Waals surface area contributed by atoms with Gasteiger partial charge in [0.2, 0.25) is 5.75 Å². The van der Waals surface area contributed by atoms with Crippen LogP contribution < -0.4 is 18.9 Å². The molecule has 2 rings (SSSR count). The quantitative estimate of drug-likeness (QED) is 0.498. The zero-order chi connectivity index (χ0) is 20.7. The van der Waals surface area contributed by atoms with E-state index in [2.05, 4.69) is 0 Å². The monoisotopic (exact) mass is 388 g/mol. The van der Waals surface area contributed by atoms with Gasteiger partial charge in [0.1, 0.15) is 0 Å². The Hall–Kier alpha value is -3.68. The molecule has 0 aliphatic rings. The molecule has 0 radical (unpaired) electrons. The number of ketones is 1. The minimum Gasteiger partial charge on any atom is -0.502 e. The summed E-state index contributed by atoms with van der Waals surface area (Å²) in [5, 5.41) is 18.6. The van der Waals surface area contributed by atoms with Crippen LogP contribution in [0.5, 0.6) is 28.7 Å². The molecular formula is C20H20O8. The molecule has 0 spiro atoms. The highest BCUT2D eigenvalue weighted by Gasteiger charge is 2.12. The lowest BCUT2D eigenvalue weighted by molar-refractivity contribution is -0.139. The zero-order valence-electron chi connectivity index (χ0n) is 15.6. The predicted molar refractivity (Wildman–Crippen MR) is 101 cm³/mol. The Labute approximate surface area is 161 Å². The normalized spacial score (nSPS) is 10.5. The predicted octanol–water partition coefficient (Wildman–Crippen LogP) is 2.78. The van der Waals surface area contributed by atoms with Gasteiger partial charge in [0.05, 0.1) is 21.3 Å². The van der Waals surface area contributed by atoms with E-state index < -0.39 is 12.6 Å². The molecular weight excluding hydrogens is 368 g/mol. The van der Waals surface area contributed by atoms with Crippen molar-refractivity contribution in [3.05, 3.63) is 47.5 Å². The summed E-state index contributed by atoms with van der Waals surface area (Å²) < 4.78 is 20.4. The first-order valence-corrected chi connectivity index (χ1v) is 8.09. The van der Waals surface area contributed by atoms with Crippen LogP contribution in [0.3, 0.4) is 0 Å². The number of hydrogen-bond acceptors (Lipinski definition) is 7. The molecule has 0 aromatic heterocycles. The summed E-state index contributed by atoms with van der Waals surface area (Å²) in [6.07, 6.45) is 2.89. The molecule has 28 heavy (non-hydrogen) atoms. The second-order valence-corrected chi connectivity index (χ2v) is 5.52. The molecule has 0 atom stereocenters. The average molecular weight is 388 g/mol. The topological polar surface area (TPSA) is 112 Å². The maximum Gasteiger partial charge on any atom is 0.341 e. The largest absolute Gasteiger partial charge is 0.502 e. The Kier molecular flexibility index (Phi) is 6.86. The van der Waals surface area contributed by atoms with Crippen LogP contribution in [0.2, 0.25) is 0 Å². The van der Waals surface area contributed by atoms with Crippen molar-refractivity contribution in [3.8, 4) is 28.7 Å². The Balaban J connectivity index is 2.23. The second-order valence-electron chi connectivity index (χ2n) is 5.52. The second kappa shape index (κ2) is 9.31. The highest BCUT2D eigenvalue weighted by Crippen LogP contribution is 2.37. The van der Waals surface area contributed by atoms with Gasteiger partial charge >= 0.3 is 5.97 Å². The van der Waals surface area contributed by atoms with Crippen molar-refractivity contribution in [2.45, 2.75) is 0 Å². The molecule has 0 bridgehead atoms. The summed E-state index contributed by atoms with van der Waals surface area (Å²) in [4.78, 5) is 23.1. The van der Waals surface area contributed by atoms with Crippen molar-refractivity contribution in [1.29, 1.82) is 0 Å². The lowest BCUT2D eigenvalue weighted by Gasteiger charge is -2.10. The van der Waals surface area contributed by atoms with Gasteiger partial charge in [0.25, 0.3) is 0 Å². The van der Waals surface area contributed by atoms with Crippen LogP contribution in [0.4, 0.5) is 0 Å². The number of aromatic hydroxyl groups is 1. The first kappa shape index (κ1) is 20.6. The van der Waals surface area contributed by atoms with E-state index in [1.165, 1.54) is 45.6 Å². The molecule has 0 amide bonds. The van der Waals surface area contributed by atoms with Crippen LogP contribution in [0.1, 0.15) is 15.9 Å². The summed E-state index contributed by atoms with van der Waals surface area (Å²) in [7, 11) is 4.21. The number of carboxylic acids is 1. The summed E-state index contributed by atoms with van der Waals surface area (Å²) in [6, 6.07) is 7.55. The fraction of sp³-hybridized carbons (Fsp3) is 0.200. The summed E-state index contributed by atoms with van der Waals surface area (Å²) in [5.41, 5.74) is 0.918. The SMILES string of the molecule is COc1cc(C(=O)C=Cc2cc(OC)c(O)c(OC)c2)ccc1OCC(=O)O. The molecule has 2 aromatic rings. The number of ether oxygens (including phenoxy) is 4. The summed E-state index contributed by atoms with van der Waals surface area (Å²) in [5.74, 6) is -0.665. The Bertz CT molecular complexity index is 876. The van der Waals surface area contributed by atoms with Crippen LogP contribution in [0.25, 0.3) is 6.08 Å². The van der Waals surface area contributed by atoms with Gasteiger partial charge in [-0.3, -0.25) is 4.79 Å². The highest BCUT2D eigenvalue weighted by atomic mass is 16.5. The molecule has 0 saturated carbocycles. The molecule has 0 aliphatic carbocycles. The smallest absolute Gasteiger partial charge is 0.341 e. The molecule has 0 unspecified atom stereocenters. The number of carbonyl (C=O) groups is 2. The number of carboxylic acid groups (broad SMARTS) is 1. The third-order valence-electron chi connectivity index (χ3n) is 3.73. The molecule has 0 fully saturated rings. The Morgan fingerprint density at radius 1 is 0.929 bits per heavy atom. The van der Waals surface area contributed by atoms with Gasteiger partial charge in [-0.05, 0) is 42.0 Å². The highest BCUT2D eigenvalue weighted by molar-refractivity contribution is 6.07. The summed E-state index contributed by atoms with van der Waals surface area (Å²) >= 11 is 0. The van der Waals surface area contributed by atoms with Gasteiger partial charge in [0, 0.05) is 5.56 Å².